The number of ketones is 1. The second-order valence-corrected chi connectivity index (χ2v) is 12.4. The lowest BCUT2D eigenvalue weighted by Crippen LogP contribution is -2.23. The van der Waals surface area contributed by atoms with Crippen molar-refractivity contribution in [3.8, 4) is 0 Å². The zero-order valence-electron chi connectivity index (χ0n) is 17.1. The third-order valence-corrected chi connectivity index (χ3v) is 9.64. The Hall–Kier alpha value is -2.23. The van der Waals surface area contributed by atoms with E-state index in [1.807, 2.05) is 6.07 Å². The van der Waals surface area contributed by atoms with Gasteiger partial charge in [0.05, 0.1) is 22.3 Å². The molecule has 2 fully saturated rings. The van der Waals surface area contributed by atoms with E-state index in [2.05, 4.69) is 15.3 Å². The summed E-state index contributed by atoms with van der Waals surface area (Å²) in [6, 6.07) is 5.20. The van der Waals surface area contributed by atoms with Crippen LogP contribution in [-0.2, 0) is 19.4 Å². The predicted molar refractivity (Wildman–Crippen MR) is 124 cm³/mol. The Balaban J connectivity index is 1.53. The number of Topliss-reactive ketones (excluding diaryl/α,β-unsaturated/α-hetero) is 1. The molecule has 7 nitrogen and oxygen atoms in total. The van der Waals surface area contributed by atoms with Gasteiger partial charge in [0, 0.05) is 35.5 Å². The van der Waals surface area contributed by atoms with Gasteiger partial charge in [0.2, 0.25) is 5.91 Å². The number of H-pyrrole nitrogens is 1. The Kier molecular flexibility index (Phi) is 5.59. The SMILES string of the molecule is O=C1CC[C@H](C[C@@H](C(=O)Nc2ncc(Cl)s2)c2[nH]cc3c(S(=O)(=O)C4CC4)cccc23)C1. The maximum absolute atomic E-state index is 13.3. The highest BCUT2D eigenvalue weighted by Crippen LogP contribution is 2.40. The van der Waals surface area contributed by atoms with Crippen LogP contribution in [0.1, 0.15) is 50.1 Å². The molecule has 2 aliphatic rings. The van der Waals surface area contributed by atoms with Gasteiger partial charge < -0.3 is 10.3 Å². The van der Waals surface area contributed by atoms with E-state index < -0.39 is 15.8 Å². The van der Waals surface area contributed by atoms with Gasteiger partial charge in [0.25, 0.3) is 0 Å². The number of fused-ring (bicyclic) bond motifs is 1. The van der Waals surface area contributed by atoms with Gasteiger partial charge in [-0.1, -0.05) is 35.1 Å². The van der Waals surface area contributed by atoms with Crippen LogP contribution in [0.5, 0.6) is 0 Å². The molecular formula is C22H22ClN3O4S2. The normalized spacial score (nSPS) is 20.0. The molecule has 0 aliphatic heterocycles. The molecule has 3 aromatic rings. The number of thiazole rings is 1. The first kappa shape index (κ1) is 21.6. The number of hydrogen-bond acceptors (Lipinski definition) is 6. The Labute approximate surface area is 194 Å². The van der Waals surface area contributed by atoms with E-state index in [1.54, 1.807) is 18.3 Å². The maximum atomic E-state index is 13.3. The van der Waals surface area contributed by atoms with Gasteiger partial charge in [0.1, 0.15) is 10.1 Å². The average Bonchev–Trinajstić information content (AvgIpc) is 3.24. The van der Waals surface area contributed by atoms with E-state index in [0.29, 0.717) is 62.9 Å². The fourth-order valence-electron chi connectivity index (χ4n) is 4.54. The summed E-state index contributed by atoms with van der Waals surface area (Å²) in [5.74, 6) is -0.510. The second-order valence-electron chi connectivity index (χ2n) is 8.56. The van der Waals surface area contributed by atoms with Crippen molar-refractivity contribution in [2.24, 2.45) is 5.92 Å². The number of sulfone groups is 1. The Morgan fingerprint density at radius 2 is 2.09 bits per heavy atom. The molecule has 10 heteroatoms. The van der Waals surface area contributed by atoms with E-state index in [1.165, 1.54) is 17.5 Å². The summed E-state index contributed by atoms with van der Waals surface area (Å²) < 4.78 is 26.3. The number of rotatable bonds is 7. The first-order valence-electron chi connectivity index (χ1n) is 10.6. The van der Waals surface area contributed by atoms with Crippen molar-refractivity contribution in [1.82, 2.24) is 9.97 Å². The summed E-state index contributed by atoms with van der Waals surface area (Å²) >= 11 is 7.12. The van der Waals surface area contributed by atoms with Crippen LogP contribution in [0.15, 0.2) is 35.5 Å². The van der Waals surface area contributed by atoms with Crippen LogP contribution in [-0.4, -0.2) is 35.3 Å². The summed E-state index contributed by atoms with van der Waals surface area (Å²) in [7, 11) is -3.39. The van der Waals surface area contributed by atoms with Crippen LogP contribution in [0.25, 0.3) is 10.8 Å². The molecular weight excluding hydrogens is 470 g/mol. The highest BCUT2D eigenvalue weighted by Gasteiger charge is 2.38. The smallest absolute Gasteiger partial charge is 0.235 e. The topological polar surface area (TPSA) is 109 Å². The summed E-state index contributed by atoms with van der Waals surface area (Å²) in [4.78, 5) is 32.8. The molecule has 0 unspecified atom stereocenters. The van der Waals surface area contributed by atoms with Crippen molar-refractivity contribution < 1.29 is 18.0 Å². The Morgan fingerprint density at radius 1 is 1.28 bits per heavy atom. The number of nitrogens with one attached hydrogen (secondary N) is 2. The number of amides is 1. The van der Waals surface area contributed by atoms with Crippen LogP contribution in [0.4, 0.5) is 5.13 Å². The number of aromatic nitrogens is 2. The van der Waals surface area contributed by atoms with E-state index in [-0.39, 0.29) is 22.9 Å². The molecule has 32 heavy (non-hydrogen) atoms. The van der Waals surface area contributed by atoms with E-state index in [0.717, 1.165) is 6.42 Å². The van der Waals surface area contributed by atoms with Crippen molar-refractivity contribution in [3.63, 3.8) is 0 Å². The monoisotopic (exact) mass is 491 g/mol. The minimum Gasteiger partial charge on any atom is -0.363 e. The molecule has 0 spiro atoms. The number of nitrogens with zero attached hydrogens (tertiary/aromatic N) is 1. The van der Waals surface area contributed by atoms with Gasteiger partial charge >= 0.3 is 0 Å². The lowest BCUT2D eigenvalue weighted by Gasteiger charge is -2.19. The standard InChI is InChI=1S/C22H22ClN3O4S2/c23-19-11-25-22(31-19)26-21(28)16(9-12-4-5-13(27)8-12)20-15-2-1-3-18(17(15)10-24-20)32(29,30)14-6-7-14/h1-3,10-12,14,16,24H,4-9H2,(H,25,26,28)/t12-,16+/m0/s1. The third-order valence-electron chi connectivity index (χ3n) is 6.29. The highest BCUT2D eigenvalue weighted by atomic mass is 35.5. The molecule has 2 aromatic heterocycles. The van der Waals surface area contributed by atoms with Gasteiger partial charge in [-0.25, -0.2) is 13.4 Å². The first-order valence-corrected chi connectivity index (χ1v) is 13.3. The van der Waals surface area contributed by atoms with Gasteiger partial charge in [-0.2, -0.15) is 0 Å². The van der Waals surface area contributed by atoms with Gasteiger partial charge in [-0.05, 0) is 37.7 Å². The number of benzene rings is 1. The Morgan fingerprint density at radius 3 is 2.75 bits per heavy atom. The van der Waals surface area contributed by atoms with Crippen LogP contribution in [0, 0.1) is 5.92 Å². The molecule has 1 amide bonds. The number of carbonyl (C=O) groups is 2. The van der Waals surface area contributed by atoms with Crippen molar-refractivity contribution in [2.45, 2.75) is 54.6 Å². The van der Waals surface area contributed by atoms with E-state index in [4.69, 9.17) is 11.6 Å². The van der Waals surface area contributed by atoms with Crippen molar-refractivity contribution >= 4 is 60.4 Å². The number of halogens is 1. The van der Waals surface area contributed by atoms with Gasteiger partial charge in [-0.15, -0.1) is 0 Å². The third kappa shape index (κ3) is 4.09. The number of hydrogen-bond donors (Lipinski definition) is 2. The number of anilines is 1. The Bertz CT molecular complexity index is 1310. The molecule has 2 N–H and O–H groups in total. The van der Waals surface area contributed by atoms with Gasteiger partial charge in [0.15, 0.2) is 15.0 Å². The van der Waals surface area contributed by atoms with E-state index >= 15 is 0 Å². The first-order chi connectivity index (χ1) is 15.3. The lowest BCUT2D eigenvalue weighted by molar-refractivity contribution is -0.119. The fourth-order valence-corrected chi connectivity index (χ4v) is 7.21. The zero-order chi connectivity index (χ0) is 22.5. The van der Waals surface area contributed by atoms with Crippen molar-refractivity contribution in [3.05, 3.63) is 40.6 Å². The highest BCUT2D eigenvalue weighted by molar-refractivity contribution is 7.92. The zero-order valence-corrected chi connectivity index (χ0v) is 19.5. The van der Waals surface area contributed by atoms with Crippen LogP contribution in [0.3, 0.4) is 0 Å². The molecule has 0 bridgehead atoms. The molecule has 2 saturated carbocycles. The molecule has 2 atom stereocenters. The number of aromatic amines is 1. The maximum Gasteiger partial charge on any atom is 0.235 e. The molecule has 2 heterocycles. The minimum atomic E-state index is -3.39. The molecule has 2 aliphatic carbocycles. The fraction of sp³-hybridized carbons (Fsp3) is 0.409. The largest absolute Gasteiger partial charge is 0.363 e. The summed E-state index contributed by atoms with van der Waals surface area (Å²) in [5, 5.41) is 4.24. The lowest BCUT2D eigenvalue weighted by atomic mass is 9.89. The minimum absolute atomic E-state index is 0.106. The van der Waals surface area contributed by atoms with Crippen LogP contribution >= 0.6 is 22.9 Å². The average molecular weight is 492 g/mol. The van der Waals surface area contributed by atoms with Crippen molar-refractivity contribution in [2.75, 3.05) is 5.32 Å². The molecule has 168 valence electrons. The molecule has 5 rings (SSSR count). The molecule has 1 aromatic carbocycles. The predicted octanol–water partition coefficient (Wildman–Crippen LogP) is 4.70. The summed E-state index contributed by atoms with van der Waals surface area (Å²) in [5.41, 5.74) is 0.660. The quantitative estimate of drug-likeness (QED) is 0.498. The van der Waals surface area contributed by atoms with Crippen molar-refractivity contribution in [1.29, 1.82) is 0 Å². The van der Waals surface area contributed by atoms with Crippen LogP contribution < -0.4 is 5.32 Å². The van der Waals surface area contributed by atoms with E-state index in [9.17, 15) is 18.0 Å². The van der Waals surface area contributed by atoms with Gasteiger partial charge in [-0.3, -0.25) is 9.59 Å². The summed E-state index contributed by atoms with van der Waals surface area (Å²) in [6.45, 7) is 0. The molecule has 0 radical (unpaired) electrons. The number of carbonyl (C=O) groups excluding carboxylic acids is 2. The second kappa shape index (κ2) is 8.28. The summed E-state index contributed by atoms with van der Waals surface area (Å²) in [6.07, 6.45) is 6.78. The van der Waals surface area contributed by atoms with Crippen LogP contribution in [0.2, 0.25) is 4.34 Å². The molecule has 0 saturated heterocycles.